The molecule has 0 unspecified atom stereocenters. The number of imidazole rings is 1. The van der Waals surface area contributed by atoms with Crippen LogP contribution >= 0.6 is 11.6 Å². The number of carbonyl (C=O) groups is 1. The van der Waals surface area contributed by atoms with Crippen LogP contribution in [0.3, 0.4) is 0 Å². The Bertz CT molecular complexity index is 738. The zero-order valence-corrected chi connectivity index (χ0v) is 13.6. The molecule has 0 radical (unpaired) electrons. The average Bonchev–Trinajstić information content (AvgIpc) is 2.83. The number of fused-ring (bicyclic) bond motifs is 1. The van der Waals surface area contributed by atoms with E-state index >= 15 is 0 Å². The van der Waals surface area contributed by atoms with E-state index in [4.69, 9.17) is 16.3 Å². The highest BCUT2D eigenvalue weighted by atomic mass is 35.5. The van der Waals surface area contributed by atoms with E-state index < -0.39 is 17.7 Å². The highest BCUT2D eigenvalue weighted by Gasteiger charge is 2.32. The monoisotopic (exact) mass is 348 g/mol. The summed E-state index contributed by atoms with van der Waals surface area (Å²) in [6.45, 7) is 5.19. The number of esters is 1. The molecule has 0 saturated heterocycles. The van der Waals surface area contributed by atoms with Crippen molar-refractivity contribution in [3.8, 4) is 0 Å². The van der Waals surface area contributed by atoms with E-state index in [1.807, 2.05) is 13.8 Å². The summed E-state index contributed by atoms with van der Waals surface area (Å²) >= 11 is 5.96. The van der Waals surface area contributed by atoms with Crippen LogP contribution in [0.4, 0.5) is 13.2 Å². The Labute approximate surface area is 136 Å². The van der Waals surface area contributed by atoms with Gasteiger partial charge in [0, 0.05) is 12.6 Å². The smallest absolute Gasteiger partial charge is 0.417 e. The van der Waals surface area contributed by atoms with Crippen molar-refractivity contribution in [2.24, 2.45) is 0 Å². The molecular formula is C15H16ClF3N2O2. The molecule has 0 aliphatic rings. The van der Waals surface area contributed by atoms with Gasteiger partial charge in [-0.2, -0.15) is 13.2 Å². The fourth-order valence-electron chi connectivity index (χ4n) is 2.18. The first-order valence-electron chi connectivity index (χ1n) is 7.08. The maximum absolute atomic E-state index is 13.0. The van der Waals surface area contributed by atoms with Gasteiger partial charge in [0.05, 0.1) is 22.0 Å². The highest BCUT2D eigenvalue weighted by molar-refractivity contribution is 6.33. The zero-order chi connectivity index (χ0) is 17.4. The lowest BCUT2D eigenvalue weighted by Gasteiger charge is -2.11. The number of aromatic nitrogens is 2. The van der Waals surface area contributed by atoms with Gasteiger partial charge in [0.25, 0.3) is 0 Å². The number of carbonyl (C=O) groups excluding carboxylic acids is 1. The molecule has 4 nitrogen and oxygen atoms in total. The Morgan fingerprint density at radius 2 is 2.09 bits per heavy atom. The van der Waals surface area contributed by atoms with Gasteiger partial charge in [-0.1, -0.05) is 32.4 Å². The Hall–Kier alpha value is -1.76. The summed E-state index contributed by atoms with van der Waals surface area (Å²) in [5.74, 6) is -0.497. The molecule has 2 aromatic heterocycles. The van der Waals surface area contributed by atoms with Gasteiger partial charge < -0.3 is 4.74 Å². The lowest BCUT2D eigenvalue weighted by Crippen LogP contribution is -2.10. The van der Waals surface area contributed by atoms with Crippen LogP contribution in [0, 0.1) is 0 Å². The topological polar surface area (TPSA) is 43.6 Å². The first-order valence-corrected chi connectivity index (χ1v) is 7.46. The van der Waals surface area contributed by atoms with Crippen molar-refractivity contribution < 1.29 is 22.7 Å². The van der Waals surface area contributed by atoms with Crippen molar-refractivity contribution in [1.82, 2.24) is 9.38 Å². The molecule has 0 bridgehead atoms. The van der Waals surface area contributed by atoms with E-state index in [0.717, 1.165) is 12.3 Å². The number of pyridine rings is 1. The lowest BCUT2D eigenvalue weighted by molar-refractivity contribution is -0.144. The zero-order valence-electron chi connectivity index (χ0n) is 12.9. The largest absolute Gasteiger partial charge is 0.459 e. The summed E-state index contributed by atoms with van der Waals surface area (Å²) in [7, 11) is 0. The first-order chi connectivity index (χ1) is 10.6. The molecule has 8 heteroatoms. The molecule has 2 aromatic rings. The van der Waals surface area contributed by atoms with Crippen molar-refractivity contribution in [1.29, 1.82) is 0 Å². The Morgan fingerprint density at radius 1 is 1.43 bits per heavy atom. The van der Waals surface area contributed by atoms with Gasteiger partial charge in [-0.15, -0.1) is 0 Å². The van der Waals surface area contributed by atoms with E-state index in [0.29, 0.717) is 11.4 Å². The van der Waals surface area contributed by atoms with Crippen molar-refractivity contribution in [3.63, 3.8) is 0 Å². The molecule has 0 fully saturated rings. The van der Waals surface area contributed by atoms with Gasteiger partial charge in [0.1, 0.15) is 6.61 Å². The van der Waals surface area contributed by atoms with E-state index in [-0.39, 0.29) is 29.6 Å². The number of ether oxygens (including phenoxy) is 1. The van der Waals surface area contributed by atoms with Crippen molar-refractivity contribution in [2.45, 2.75) is 45.9 Å². The van der Waals surface area contributed by atoms with Crippen molar-refractivity contribution >= 4 is 23.2 Å². The molecule has 0 atom stereocenters. The normalized spacial score (nSPS) is 12.2. The second-order valence-electron chi connectivity index (χ2n) is 5.38. The van der Waals surface area contributed by atoms with Crippen LogP contribution in [-0.2, 0) is 22.3 Å². The minimum atomic E-state index is -4.53. The van der Waals surface area contributed by atoms with E-state index in [1.165, 1.54) is 4.40 Å². The third-order valence-corrected chi connectivity index (χ3v) is 3.62. The van der Waals surface area contributed by atoms with Gasteiger partial charge in [-0.3, -0.25) is 9.20 Å². The van der Waals surface area contributed by atoms with E-state index in [1.54, 1.807) is 6.92 Å². The molecule has 126 valence electrons. The Kier molecular flexibility index (Phi) is 4.89. The number of hydrogen-bond donors (Lipinski definition) is 0. The number of halogens is 4. The lowest BCUT2D eigenvalue weighted by atomic mass is 10.1. The maximum Gasteiger partial charge on any atom is 0.417 e. The van der Waals surface area contributed by atoms with Crippen LogP contribution in [0.2, 0.25) is 5.02 Å². The maximum atomic E-state index is 13.0. The second-order valence-corrected chi connectivity index (χ2v) is 5.79. The van der Waals surface area contributed by atoms with Crippen LogP contribution in [0.25, 0.3) is 5.65 Å². The fraction of sp³-hybridized carbons (Fsp3) is 0.467. The molecule has 0 spiro atoms. The molecule has 0 aliphatic heterocycles. The Morgan fingerprint density at radius 3 is 2.61 bits per heavy atom. The molecule has 2 rings (SSSR count). The average molecular weight is 349 g/mol. The summed E-state index contributed by atoms with van der Waals surface area (Å²) in [4.78, 5) is 15.7. The minimum Gasteiger partial charge on any atom is -0.459 e. The third-order valence-electron chi connectivity index (χ3n) is 3.34. The number of nitrogens with zero attached hydrogens (tertiary/aromatic N) is 2. The van der Waals surface area contributed by atoms with Crippen molar-refractivity contribution in [2.75, 3.05) is 0 Å². The van der Waals surface area contributed by atoms with E-state index in [9.17, 15) is 18.0 Å². The summed E-state index contributed by atoms with van der Waals surface area (Å²) in [6.07, 6.45) is -3.42. The van der Waals surface area contributed by atoms with Gasteiger partial charge in [0.2, 0.25) is 0 Å². The molecular weight excluding hydrogens is 333 g/mol. The van der Waals surface area contributed by atoms with Crippen LogP contribution in [-0.4, -0.2) is 15.4 Å². The quantitative estimate of drug-likeness (QED) is 0.759. The molecule has 0 saturated carbocycles. The minimum absolute atomic E-state index is 0.0596. The summed E-state index contributed by atoms with van der Waals surface area (Å²) in [5, 5.41) is -0.102. The SMILES string of the molecule is CCC(=O)OCc1c(C(C)C)nc2c(Cl)cc(C(F)(F)F)cn12. The first kappa shape index (κ1) is 17.6. The Balaban J connectivity index is 2.62. The molecule has 0 aliphatic carbocycles. The van der Waals surface area contributed by atoms with Crippen LogP contribution in [0.15, 0.2) is 12.3 Å². The summed E-state index contributed by atoms with van der Waals surface area (Å²) < 4.78 is 45.3. The van der Waals surface area contributed by atoms with Gasteiger partial charge in [-0.25, -0.2) is 4.98 Å². The third kappa shape index (κ3) is 3.60. The van der Waals surface area contributed by atoms with E-state index in [2.05, 4.69) is 4.98 Å². The summed E-state index contributed by atoms with van der Waals surface area (Å²) in [5.41, 5.74) is 0.275. The molecule has 0 N–H and O–H groups in total. The van der Waals surface area contributed by atoms with Crippen LogP contribution in [0.5, 0.6) is 0 Å². The molecule has 23 heavy (non-hydrogen) atoms. The van der Waals surface area contributed by atoms with Crippen LogP contribution < -0.4 is 0 Å². The number of hydrogen-bond acceptors (Lipinski definition) is 3. The standard InChI is InChI=1S/C15H16ClF3N2O2/c1-4-12(22)23-7-11-13(8(2)3)20-14-10(16)5-9(6-21(11)14)15(17,18)19/h5-6,8H,4,7H2,1-3H3. The van der Waals surface area contributed by atoms with Gasteiger partial charge in [0.15, 0.2) is 5.65 Å². The number of rotatable bonds is 4. The second kappa shape index (κ2) is 6.39. The molecule has 2 heterocycles. The van der Waals surface area contributed by atoms with Crippen LogP contribution in [0.1, 0.15) is 50.1 Å². The van der Waals surface area contributed by atoms with Crippen molar-refractivity contribution in [3.05, 3.63) is 34.2 Å². The fourth-order valence-corrected chi connectivity index (χ4v) is 2.43. The molecule has 0 aromatic carbocycles. The molecule has 0 amide bonds. The highest BCUT2D eigenvalue weighted by Crippen LogP contribution is 2.34. The van der Waals surface area contributed by atoms with Gasteiger partial charge in [-0.05, 0) is 12.0 Å². The predicted molar refractivity (Wildman–Crippen MR) is 79.4 cm³/mol. The number of alkyl halides is 3. The van der Waals surface area contributed by atoms with Gasteiger partial charge >= 0.3 is 12.1 Å². The predicted octanol–water partition coefficient (Wildman–Crippen LogP) is 4.58. The summed E-state index contributed by atoms with van der Waals surface area (Å²) in [6, 6.07) is 0.843.